The number of nitrogens with zero attached hydrogens (tertiary/aromatic N) is 5. The molecule has 0 aliphatic rings. The van der Waals surface area contributed by atoms with Gasteiger partial charge in [0.25, 0.3) is 5.89 Å². The molecular weight excluding hydrogens is 242 g/mol. The molecule has 0 spiro atoms. The van der Waals surface area contributed by atoms with Crippen molar-refractivity contribution in [1.82, 2.24) is 24.9 Å². The standard InChI is InChI=1S/C13H13N5O/c1-3-18-11(8-9(2)16-18)13-15-12(17-19-13)10-6-4-5-7-14-10/h4-8H,3H2,1-2H3. The lowest BCUT2D eigenvalue weighted by Crippen LogP contribution is -1.99. The Morgan fingerprint density at radius 2 is 2.21 bits per heavy atom. The molecule has 0 saturated carbocycles. The third-order valence-electron chi connectivity index (χ3n) is 2.74. The second-order valence-corrected chi connectivity index (χ2v) is 4.12. The Bertz CT molecular complexity index is 686. The first-order valence-corrected chi connectivity index (χ1v) is 6.08. The van der Waals surface area contributed by atoms with Crippen molar-refractivity contribution in [2.45, 2.75) is 20.4 Å². The van der Waals surface area contributed by atoms with Crippen LogP contribution in [0.5, 0.6) is 0 Å². The van der Waals surface area contributed by atoms with E-state index in [4.69, 9.17) is 4.52 Å². The zero-order valence-electron chi connectivity index (χ0n) is 10.7. The van der Waals surface area contributed by atoms with Crippen LogP contribution in [-0.4, -0.2) is 24.9 Å². The van der Waals surface area contributed by atoms with Crippen LogP contribution in [0.25, 0.3) is 23.1 Å². The molecule has 0 saturated heterocycles. The van der Waals surface area contributed by atoms with Crippen molar-refractivity contribution < 1.29 is 4.52 Å². The molecule has 0 unspecified atom stereocenters. The predicted octanol–water partition coefficient (Wildman–Crippen LogP) is 2.32. The topological polar surface area (TPSA) is 69.6 Å². The molecule has 0 aromatic carbocycles. The van der Waals surface area contributed by atoms with Gasteiger partial charge in [-0.25, -0.2) is 0 Å². The maximum atomic E-state index is 5.30. The summed E-state index contributed by atoms with van der Waals surface area (Å²) in [5.41, 5.74) is 2.45. The number of hydrogen-bond donors (Lipinski definition) is 0. The Balaban J connectivity index is 2.01. The minimum absolute atomic E-state index is 0.461. The largest absolute Gasteiger partial charge is 0.332 e. The van der Waals surface area contributed by atoms with Crippen molar-refractivity contribution in [1.29, 1.82) is 0 Å². The van der Waals surface area contributed by atoms with E-state index in [-0.39, 0.29) is 0 Å². The van der Waals surface area contributed by atoms with Gasteiger partial charge in [-0.3, -0.25) is 9.67 Å². The quantitative estimate of drug-likeness (QED) is 0.718. The maximum absolute atomic E-state index is 5.30. The summed E-state index contributed by atoms with van der Waals surface area (Å²) in [4.78, 5) is 8.57. The van der Waals surface area contributed by atoms with Crippen LogP contribution in [0.4, 0.5) is 0 Å². The molecule has 19 heavy (non-hydrogen) atoms. The molecule has 6 nitrogen and oxygen atoms in total. The fourth-order valence-electron chi connectivity index (χ4n) is 1.89. The third-order valence-corrected chi connectivity index (χ3v) is 2.74. The van der Waals surface area contributed by atoms with Crippen molar-refractivity contribution >= 4 is 0 Å². The van der Waals surface area contributed by atoms with Gasteiger partial charge in [-0.1, -0.05) is 11.2 Å². The first-order chi connectivity index (χ1) is 9.28. The van der Waals surface area contributed by atoms with Crippen molar-refractivity contribution in [3.05, 3.63) is 36.2 Å². The van der Waals surface area contributed by atoms with Crippen LogP contribution in [0.1, 0.15) is 12.6 Å². The molecular formula is C13H13N5O. The SMILES string of the molecule is CCn1nc(C)cc1-c1nc(-c2ccccn2)no1. The number of aryl methyl sites for hydroxylation is 2. The van der Waals surface area contributed by atoms with E-state index >= 15 is 0 Å². The molecule has 0 bridgehead atoms. The zero-order chi connectivity index (χ0) is 13.2. The van der Waals surface area contributed by atoms with Crippen molar-refractivity contribution in [3.8, 4) is 23.1 Å². The molecule has 96 valence electrons. The van der Waals surface area contributed by atoms with E-state index in [1.54, 1.807) is 6.20 Å². The highest BCUT2D eigenvalue weighted by Gasteiger charge is 2.15. The van der Waals surface area contributed by atoms with Crippen LogP contribution in [0, 0.1) is 6.92 Å². The van der Waals surface area contributed by atoms with E-state index < -0.39 is 0 Å². The second kappa shape index (κ2) is 4.64. The van der Waals surface area contributed by atoms with Crippen LogP contribution in [0.2, 0.25) is 0 Å². The Kier molecular flexibility index (Phi) is 2.83. The Morgan fingerprint density at radius 3 is 2.95 bits per heavy atom. The molecule has 0 aliphatic carbocycles. The third kappa shape index (κ3) is 2.12. The van der Waals surface area contributed by atoms with Gasteiger partial charge in [0.15, 0.2) is 0 Å². The number of rotatable bonds is 3. The normalized spacial score (nSPS) is 10.8. The molecule has 0 N–H and O–H groups in total. The molecule has 3 rings (SSSR count). The van der Waals surface area contributed by atoms with Crippen LogP contribution in [-0.2, 0) is 6.54 Å². The highest BCUT2D eigenvalue weighted by Crippen LogP contribution is 2.21. The fraction of sp³-hybridized carbons (Fsp3) is 0.231. The predicted molar refractivity (Wildman–Crippen MR) is 69.2 cm³/mol. The summed E-state index contributed by atoms with van der Waals surface area (Å²) < 4.78 is 7.14. The van der Waals surface area contributed by atoms with Gasteiger partial charge in [0.05, 0.1) is 5.69 Å². The molecule has 0 amide bonds. The van der Waals surface area contributed by atoms with Gasteiger partial charge in [-0.2, -0.15) is 10.1 Å². The minimum atomic E-state index is 0.461. The molecule has 3 aromatic heterocycles. The lowest BCUT2D eigenvalue weighted by Gasteiger charge is -1.98. The second-order valence-electron chi connectivity index (χ2n) is 4.12. The molecule has 0 atom stereocenters. The van der Waals surface area contributed by atoms with Crippen LogP contribution in [0.3, 0.4) is 0 Å². The van der Waals surface area contributed by atoms with E-state index in [1.807, 2.05) is 42.8 Å². The van der Waals surface area contributed by atoms with Gasteiger partial charge in [0.1, 0.15) is 11.4 Å². The Labute approximate surface area is 110 Å². The average Bonchev–Trinajstić information content (AvgIpc) is 3.05. The lowest BCUT2D eigenvalue weighted by atomic mass is 10.3. The molecule has 3 heterocycles. The molecule has 3 aromatic rings. The zero-order valence-corrected chi connectivity index (χ0v) is 10.7. The minimum Gasteiger partial charge on any atom is -0.332 e. The Hall–Kier alpha value is -2.50. The first kappa shape index (κ1) is 11.6. The van der Waals surface area contributed by atoms with Crippen molar-refractivity contribution in [2.75, 3.05) is 0 Å². The summed E-state index contributed by atoms with van der Waals surface area (Å²) in [5, 5.41) is 8.32. The van der Waals surface area contributed by atoms with Gasteiger partial charge in [-0.15, -0.1) is 0 Å². The van der Waals surface area contributed by atoms with Crippen LogP contribution >= 0.6 is 0 Å². The Morgan fingerprint density at radius 1 is 1.32 bits per heavy atom. The van der Waals surface area contributed by atoms with Gasteiger partial charge < -0.3 is 4.52 Å². The van der Waals surface area contributed by atoms with Crippen molar-refractivity contribution in [3.63, 3.8) is 0 Å². The van der Waals surface area contributed by atoms with Crippen LogP contribution < -0.4 is 0 Å². The summed E-state index contributed by atoms with van der Waals surface area (Å²) in [6, 6.07) is 7.51. The number of pyridine rings is 1. The van der Waals surface area contributed by atoms with Crippen molar-refractivity contribution in [2.24, 2.45) is 0 Å². The smallest absolute Gasteiger partial charge is 0.276 e. The lowest BCUT2D eigenvalue weighted by molar-refractivity contribution is 0.427. The summed E-state index contributed by atoms with van der Waals surface area (Å²) in [5.74, 6) is 0.945. The van der Waals surface area contributed by atoms with E-state index in [0.29, 0.717) is 17.4 Å². The summed E-state index contributed by atoms with van der Waals surface area (Å²) in [6.07, 6.45) is 1.70. The maximum Gasteiger partial charge on any atom is 0.276 e. The number of hydrogen-bond acceptors (Lipinski definition) is 5. The highest BCUT2D eigenvalue weighted by molar-refractivity contribution is 5.54. The van der Waals surface area contributed by atoms with Crippen LogP contribution in [0.15, 0.2) is 35.0 Å². The van der Waals surface area contributed by atoms with E-state index in [9.17, 15) is 0 Å². The molecule has 6 heteroatoms. The highest BCUT2D eigenvalue weighted by atomic mass is 16.5. The summed E-state index contributed by atoms with van der Waals surface area (Å²) >= 11 is 0. The van der Waals surface area contributed by atoms with Gasteiger partial charge in [0.2, 0.25) is 5.82 Å². The van der Waals surface area contributed by atoms with Gasteiger partial charge >= 0.3 is 0 Å². The van der Waals surface area contributed by atoms with E-state index in [1.165, 1.54) is 0 Å². The first-order valence-electron chi connectivity index (χ1n) is 6.08. The van der Waals surface area contributed by atoms with Gasteiger partial charge in [-0.05, 0) is 32.0 Å². The molecule has 0 aliphatic heterocycles. The summed E-state index contributed by atoms with van der Waals surface area (Å²) in [7, 11) is 0. The molecule has 0 radical (unpaired) electrons. The number of aromatic nitrogens is 5. The van der Waals surface area contributed by atoms with E-state index in [2.05, 4.69) is 20.2 Å². The fourth-order valence-corrected chi connectivity index (χ4v) is 1.89. The average molecular weight is 255 g/mol. The van der Waals surface area contributed by atoms with E-state index in [0.717, 1.165) is 17.9 Å². The molecule has 0 fully saturated rings. The van der Waals surface area contributed by atoms with Gasteiger partial charge in [0, 0.05) is 12.7 Å². The summed E-state index contributed by atoms with van der Waals surface area (Å²) in [6.45, 7) is 4.71. The monoisotopic (exact) mass is 255 g/mol.